The lowest BCUT2D eigenvalue weighted by Crippen LogP contribution is -2.26. The maximum absolute atomic E-state index is 12.5. The summed E-state index contributed by atoms with van der Waals surface area (Å²) in [6.07, 6.45) is 0. The van der Waals surface area contributed by atoms with Gasteiger partial charge in [-0.05, 0) is 35.9 Å². The Hall–Kier alpha value is -3.02. The normalized spacial score (nSPS) is 12.5. The number of benzene rings is 2. The smallest absolute Gasteiger partial charge is 0.335 e. The number of rotatable bonds is 4. The first-order chi connectivity index (χ1) is 11.5. The summed E-state index contributed by atoms with van der Waals surface area (Å²) >= 11 is 0. The van der Waals surface area contributed by atoms with Gasteiger partial charge in [0.1, 0.15) is 13.2 Å². The van der Waals surface area contributed by atoms with Crippen molar-refractivity contribution in [3.8, 4) is 11.5 Å². The van der Waals surface area contributed by atoms with Crippen molar-refractivity contribution < 1.29 is 24.2 Å². The third-order valence-electron chi connectivity index (χ3n) is 3.73. The third-order valence-corrected chi connectivity index (χ3v) is 3.73. The summed E-state index contributed by atoms with van der Waals surface area (Å²) in [6.45, 7) is 1.42. The van der Waals surface area contributed by atoms with Crippen LogP contribution in [0.4, 0.5) is 0 Å². The number of hydrogen-bond acceptors (Lipinski definition) is 4. The Morgan fingerprint density at radius 2 is 1.75 bits per heavy atom. The van der Waals surface area contributed by atoms with Crippen LogP contribution in [0, 0.1) is 0 Å². The summed E-state index contributed by atoms with van der Waals surface area (Å²) in [5.41, 5.74) is 1.34. The average molecular weight is 327 g/mol. The van der Waals surface area contributed by atoms with Gasteiger partial charge in [-0.1, -0.05) is 12.1 Å². The molecule has 2 aromatic carbocycles. The highest BCUT2D eigenvalue weighted by Crippen LogP contribution is 2.31. The van der Waals surface area contributed by atoms with E-state index in [-0.39, 0.29) is 11.5 Å². The van der Waals surface area contributed by atoms with Gasteiger partial charge in [-0.25, -0.2) is 4.79 Å². The molecule has 6 heteroatoms. The van der Waals surface area contributed by atoms with Crippen molar-refractivity contribution in [2.75, 3.05) is 20.3 Å². The molecule has 0 aliphatic carbocycles. The fraction of sp³-hybridized carbons (Fsp3) is 0.222. The second kappa shape index (κ2) is 6.62. The van der Waals surface area contributed by atoms with E-state index in [4.69, 9.17) is 14.6 Å². The monoisotopic (exact) mass is 327 g/mol. The van der Waals surface area contributed by atoms with Gasteiger partial charge in [0.05, 0.1) is 5.56 Å². The quantitative estimate of drug-likeness (QED) is 0.933. The van der Waals surface area contributed by atoms with E-state index in [9.17, 15) is 9.59 Å². The molecule has 0 radical (unpaired) electrons. The highest BCUT2D eigenvalue weighted by molar-refractivity contribution is 5.97. The van der Waals surface area contributed by atoms with Crippen molar-refractivity contribution >= 4 is 11.9 Å². The zero-order valence-electron chi connectivity index (χ0n) is 13.2. The Balaban J connectivity index is 1.74. The van der Waals surface area contributed by atoms with E-state index >= 15 is 0 Å². The van der Waals surface area contributed by atoms with Crippen LogP contribution in [-0.2, 0) is 6.54 Å². The first-order valence-electron chi connectivity index (χ1n) is 7.52. The number of amides is 1. The van der Waals surface area contributed by atoms with Crippen molar-refractivity contribution in [1.82, 2.24) is 4.90 Å². The minimum atomic E-state index is -1.06. The van der Waals surface area contributed by atoms with Crippen LogP contribution in [0.3, 0.4) is 0 Å². The number of hydrogen-bond donors (Lipinski definition) is 1. The van der Waals surface area contributed by atoms with Crippen molar-refractivity contribution in [1.29, 1.82) is 0 Å². The van der Waals surface area contributed by atoms with Crippen LogP contribution in [0.1, 0.15) is 26.3 Å². The molecule has 0 aromatic heterocycles. The van der Waals surface area contributed by atoms with Crippen LogP contribution in [0.25, 0.3) is 0 Å². The van der Waals surface area contributed by atoms with E-state index in [1.807, 2.05) is 18.2 Å². The minimum absolute atomic E-state index is 0.0913. The molecule has 0 saturated carbocycles. The Morgan fingerprint density at radius 3 is 2.50 bits per heavy atom. The Kier molecular flexibility index (Phi) is 4.37. The Labute approximate surface area is 139 Å². The second-order valence-electron chi connectivity index (χ2n) is 5.53. The van der Waals surface area contributed by atoms with Gasteiger partial charge in [0.2, 0.25) is 0 Å². The number of fused-ring (bicyclic) bond motifs is 1. The highest BCUT2D eigenvalue weighted by Gasteiger charge is 2.16. The molecule has 24 heavy (non-hydrogen) atoms. The summed E-state index contributed by atoms with van der Waals surface area (Å²) in [4.78, 5) is 25.0. The molecule has 1 amide bonds. The summed E-state index contributed by atoms with van der Waals surface area (Å²) in [5, 5.41) is 9.03. The number of carbonyl (C=O) groups is 2. The van der Waals surface area contributed by atoms with Crippen molar-refractivity contribution in [3.05, 3.63) is 59.2 Å². The lowest BCUT2D eigenvalue weighted by Gasteiger charge is -2.21. The van der Waals surface area contributed by atoms with Gasteiger partial charge in [-0.2, -0.15) is 0 Å². The molecule has 1 aliphatic rings. The van der Waals surface area contributed by atoms with Crippen molar-refractivity contribution in [2.24, 2.45) is 0 Å². The fourth-order valence-corrected chi connectivity index (χ4v) is 2.54. The number of carboxylic acid groups (broad SMARTS) is 1. The van der Waals surface area contributed by atoms with Gasteiger partial charge >= 0.3 is 5.97 Å². The molecule has 0 bridgehead atoms. The average Bonchev–Trinajstić information content (AvgIpc) is 2.61. The molecule has 6 nitrogen and oxygen atoms in total. The molecule has 0 fully saturated rings. The van der Waals surface area contributed by atoms with E-state index in [1.165, 1.54) is 17.0 Å². The van der Waals surface area contributed by atoms with Gasteiger partial charge in [-0.15, -0.1) is 0 Å². The van der Waals surface area contributed by atoms with Gasteiger partial charge < -0.3 is 19.5 Å². The van der Waals surface area contributed by atoms with Crippen LogP contribution in [0.5, 0.6) is 11.5 Å². The molecular formula is C18H17NO5. The summed E-state index contributed by atoms with van der Waals surface area (Å²) in [5.74, 6) is 0.0766. The number of carbonyl (C=O) groups excluding carboxylic acids is 1. The first kappa shape index (κ1) is 15.9. The molecule has 2 aromatic rings. The topological polar surface area (TPSA) is 76.1 Å². The molecule has 0 saturated heterocycles. The van der Waals surface area contributed by atoms with Crippen LogP contribution >= 0.6 is 0 Å². The maximum atomic E-state index is 12.5. The standard InChI is InChI=1S/C18H17NO5/c1-19(17(20)13-3-2-4-14(10-13)18(21)22)11-12-5-6-15-16(9-12)24-8-7-23-15/h2-6,9-10H,7-8,11H2,1H3,(H,21,22). The van der Waals surface area contributed by atoms with Crippen molar-refractivity contribution in [3.63, 3.8) is 0 Å². The molecule has 3 rings (SSSR count). The van der Waals surface area contributed by atoms with Crippen molar-refractivity contribution in [2.45, 2.75) is 6.54 Å². The Bertz CT molecular complexity index is 787. The molecule has 1 N–H and O–H groups in total. The number of ether oxygens (including phenoxy) is 2. The Morgan fingerprint density at radius 1 is 1.04 bits per heavy atom. The SMILES string of the molecule is CN(Cc1ccc2c(c1)OCCO2)C(=O)c1cccc(C(=O)O)c1. The lowest BCUT2D eigenvalue weighted by atomic mass is 10.1. The van der Waals surface area contributed by atoms with E-state index in [0.717, 1.165) is 5.56 Å². The minimum Gasteiger partial charge on any atom is -0.486 e. The number of carboxylic acids is 1. The summed E-state index contributed by atoms with van der Waals surface area (Å²) in [7, 11) is 1.67. The van der Waals surface area contributed by atoms with Gasteiger partial charge in [-0.3, -0.25) is 4.79 Å². The summed E-state index contributed by atoms with van der Waals surface area (Å²) in [6, 6.07) is 11.6. The molecule has 0 spiro atoms. The van der Waals surface area contributed by atoms with E-state index < -0.39 is 5.97 Å². The maximum Gasteiger partial charge on any atom is 0.335 e. The van der Waals surface area contributed by atoms with Gasteiger partial charge in [0.25, 0.3) is 5.91 Å². The molecule has 124 valence electrons. The number of nitrogens with zero attached hydrogens (tertiary/aromatic N) is 1. The van der Waals surface area contributed by atoms with Crippen LogP contribution in [-0.4, -0.2) is 42.1 Å². The largest absolute Gasteiger partial charge is 0.486 e. The molecule has 0 atom stereocenters. The second-order valence-corrected chi connectivity index (χ2v) is 5.53. The predicted molar refractivity (Wildman–Crippen MR) is 86.6 cm³/mol. The molecule has 1 heterocycles. The van der Waals surface area contributed by atoms with Crippen LogP contribution in [0.15, 0.2) is 42.5 Å². The van der Waals surface area contributed by atoms with Gasteiger partial charge in [0.15, 0.2) is 11.5 Å². The molecule has 0 unspecified atom stereocenters. The third kappa shape index (κ3) is 3.32. The molecule has 1 aliphatic heterocycles. The predicted octanol–water partition coefficient (Wildman–Crippen LogP) is 2.43. The lowest BCUT2D eigenvalue weighted by molar-refractivity contribution is 0.0697. The van der Waals surface area contributed by atoms with E-state index in [0.29, 0.717) is 36.8 Å². The molecular weight excluding hydrogens is 310 g/mol. The van der Waals surface area contributed by atoms with Crippen LogP contribution in [0.2, 0.25) is 0 Å². The van der Waals surface area contributed by atoms with E-state index in [1.54, 1.807) is 19.2 Å². The van der Waals surface area contributed by atoms with Gasteiger partial charge in [0, 0.05) is 19.2 Å². The zero-order valence-corrected chi connectivity index (χ0v) is 13.2. The zero-order chi connectivity index (χ0) is 17.1. The number of aromatic carboxylic acids is 1. The highest BCUT2D eigenvalue weighted by atomic mass is 16.6. The first-order valence-corrected chi connectivity index (χ1v) is 7.52. The van der Waals surface area contributed by atoms with E-state index in [2.05, 4.69) is 0 Å². The summed E-state index contributed by atoms with van der Waals surface area (Å²) < 4.78 is 11.0. The fourth-order valence-electron chi connectivity index (χ4n) is 2.54. The van der Waals surface area contributed by atoms with Crippen LogP contribution < -0.4 is 9.47 Å².